The van der Waals surface area contributed by atoms with Gasteiger partial charge in [0.15, 0.2) is 5.96 Å². The summed E-state index contributed by atoms with van der Waals surface area (Å²) in [6, 6.07) is 6.52. The largest absolute Gasteiger partial charge is 0.379 e. The molecule has 6 nitrogen and oxygen atoms in total. The first-order chi connectivity index (χ1) is 12.4. The molecule has 0 spiro atoms. The number of hydrogen-bond donors (Lipinski definition) is 2. The van der Waals surface area contributed by atoms with E-state index in [1.807, 2.05) is 18.3 Å². The third-order valence-corrected chi connectivity index (χ3v) is 4.82. The first-order valence-electron chi connectivity index (χ1n) is 9.67. The van der Waals surface area contributed by atoms with Crippen LogP contribution in [0.5, 0.6) is 0 Å². The van der Waals surface area contributed by atoms with Crippen LogP contribution in [0.2, 0.25) is 0 Å². The van der Waals surface area contributed by atoms with Gasteiger partial charge in [-0.2, -0.15) is 0 Å². The predicted molar refractivity (Wildman–Crippen MR) is 109 cm³/mol. The van der Waals surface area contributed by atoms with Gasteiger partial charge in [0.2, 0.25) is 0 Å². The van der Waals surface area contributed by atoms with Gasteiger partial charge < -0.3 is 20.3 Å². The molecular formula is C20H35N5O. The molecule has 0 amide bonds. The lowest BCUT2D eigenvalue weighted by Crippen LogP contribution is -2.49. The van der Waals surface area contributed by atoms with Gasteiger partial charge in [-0.3, -0.25) is 4.99 Å². The molecule has 1 unspecified atom stereocenters. The molecule has 0 aromatic carbocycles. The third-order valence-electron chi connectivity index (χ3n) is 4.82. The van der Waals surface area contributed by atoms with E-state index >= 15 is 0 Å². The number of hydrogen-bond acceptors (Lipinski definition) is 4. The fourth-order valence-electron chi connectivity index (χ4n) is 3.18. The number of aliphatic imine (C=N–C) groups is 1. The van der Waals surface area contributed by atoms with Gasteiger partial charge in [0, 0.05) is 39.0 Å². The minimum Gasteiger partial charge on any atom is -0.379 e. The molecule has 2 heterocycles. The van der Waals surface area contributed by atoms with Crippen LogP contribution in [-0.2, 0) is 4.74 Å². The van der Waals surface area contributed by atoms with Crippen molar-refractivity contribution < 1.29 is 4.74 Å². The van der Waals surface area contributed by atoms with Crippen molar-refractivity contribution in [2.24, 2.45) is 10.4 Å². The van der Waals surface area contributed by atoms with E-state index in [2.05, 4.69) is 54.3 Å². The maximum Gasteiger partial charge on any atom is 0.191 e. The molecule has 0 bridgehead atoms. The molecule has 146 valence electrons. The van der Waals surface area contributed by atoms with E-state index in [-0.39, 0.29) is 11.5 Å². The average molecular weight is 362 g/mol. The average Bonchev–Trinajstić information content (AvgIpc) is 2.62. The second-order valence-electron chi connectivity index (χ2n) is 7.90. The summed E-state index contributed by atoms with van der Waals surface area (Å²) in [4.78, 5) is 11.6. The molecule has 1 aliphatic rings. The van der Waals surface area contributed by atoms with Crippen LogP contribution in [0.15, 0.2) is 29.4 Å². The van der Waals surface area contributed by atoms with Crippen molar-refractivity contribution >= 4 is 11.8 Å². The zero-order valence-electron chi connectivity index (χ0n) is 17.0. The number of pyridine rings is 1. The maximum absolute atomic E-state index is 5.62. The van der Waals surface area contributed by atoms with Crippen molar-refractivity contribution in [1.82, 2.24) is 15.6 Å². The van der Waals surface area contributed by atoms with E-state index < -0.39 is 0 Å². The molecule has 0 aliphatic carbocycles. The van der Waals surface area contributed by atoms with Crippen LogP contribution in [0.4, 0.5) is 5.82 Å². The van der Waals surface area contributed by atoms with Crippen LogP contribution in [0.25, 0.3) is 0 Å². The summed E-state index contributed by atoms with van der Waals surface area (Å²) < 4.78 is 5.62. The minimum atomic E-state index is 0.0730. The second-order valence-corrected chi connectivity index (χ2v) is 7.90. The Morgan fingerprint density at radius 3 is 2.62 bits per heavy atom. The molecule has 0 radical (unpaired) electrons. The molecular weight excluding hydrogens is 326 g/mol. The van der Waals surface area contributed by atoms with Crippen LogP contribution in [0.3, 0.4) is 0 Å². The Kier molecular flexibility index (Phi) is 7.69. The Morgan fingerprint density at radius 1 is 1.35 bits per heavy atom. The quantitative estimate of drug-likeness (QED) is 0.602. The monoisotopic (exact) mass is 361 g/mol. The zero-order valence-corrected chi connectivity index (χ0v) is 17.0. The van der Waals surface area contributed by atoms with E-state index in [1.165, 1.54) is 0 Å². The van der Waals surface area contributed by atoms with Gasteiger partial charge in [-0.1, -0.05) is 26.8 Å². The van der Waals surface area contributed by atoms with Crippen molar-refractivity contribution in [3.8, 4) is 0 Å². The van der Waals surface area contributed by atoms with Crippen molar-refractivity contribution in [3.05, 3.63) is 24.4 Å². The van der Waals surface area contributed by atoms with Crippen LogP contribution >= 0.6 is 0 Å². The standard InChI is InChI=1S/C20H35N5O/c1-6-21-19(23-15-17(26-5)20(2,3)4)24-16-10-13-25(14-11-16)18-9-7-8-12-22-18/h7-9,12,16-17H,6,10-11,13-15H2,1-5H3,(H2,21,23,24). The summed E-state index contributed by atoms with van der Waals surface area (Å²) in [5.41, 5.74) is 0.0730. The number of nitrogens with one attached hydrogen (secondary N) is 2. The third kappa shape index (κ3) is 6.16. The summed E-state index contributed by atoms with van der Waals surface area (Å²) >= 11 is 0. The highest BCUT2D eigenvalue weighted by molar-refractivity contribution is 5.80. The van der Waals surface area contributed by atoms with Crippen molar-refractivity contribution in [2.75, 3.05) is 38.2 Å². The molecule has 2 rings (SSSR count). The number of ether oxygens (including phenoxy) is 1. The molecule has 1 aromatic heterocycles. The number of nitrogens with zero attached hydrogens (tertiary/aromatic N) is 3. The Balaban J connectivity index is 1.89. The number of aromatic nitrogens is 1. The number of methoxy groups -OCH3 is 1. The SMILES string of the molecule is CCNC(=NCC(OC)C(C)(C)C)NC1CCN(c2ccccn2)CC1. The molecule has 2 N–H and O–H groups in total. The number of piperidine rings is 1. The maximum atomic E-state index is 5.62. The second kappa shape index (κ2) is 9.76. The first kappa shape index (κ1) is 20.5. The number of rotatable bonds is 6. The molecule has 1 aromatic rings. The summed E-state index contributed by atoms with van der Waals surface area (Å²) in [6.07, 6.45) is 4.11. The van der Waals surface area contributed by atoms with Crippen LogP contribution in [0.1, 0.15) is 40.5 Å². The van der Waals surface area contributed by atoms with E-state index in [9.17, 15) is 0 Å². The van der Waals surface area contributed by atoms with Gasteiger partial charge in [0.25, 0.3) is 0 Å². The van der Waals surface area contributed by atoms with E-state index in [4.69, 9.17) is 9.73 Å². The lowest BCUT2D eigenvalue weighted by Gasteiger charge is -2.34. The molecule has 0 saturated carbocycles. The summed E-state index contributed by atoms with van der Waals surface area (Å²) in [6.45, 7) is 12.2. The lowest BCUT2D eigenvalue weighted by atomic mass is 9.89. The van der Waals surface area contributed by atoms with Crippen LogP contribution < -0.4 is 15.5 Å². The topological polar surface area (TPSA) is 61.8 Å². The normalized spacial score (nSPS) is 17.9. The molecule has 1 saturated heterocycles. The van der Waals surface area contributed by atoms with Crippen molar-refractivity contribution in [3.63, 3.8) is 0 Å². The molecule has 1 atom stereocenters. The molecule has 26 heavy (non-hydrogen) atoms. The lowest BCUT2D eigenvalue weighted by molar-refractivity contribution is 0.0241. The molecule has 1 aliphatic heterocycles. The van der Waals surface area contributed by atoms with Crippen LogP contribution in [0, 0.1) is 5.41 Å². The highest BCUT2D eigenvalue weighted by Gasteiger charge is 2.25. The van der Waals surface area contributed by atoms with Crippen molar-refractivity contribution in [2.45, 2.75) is 52.7 Å². The van der Waals surface area contributed by atoms with Gasteiger partial charge in [-0.05, 0) is 37.3 Å². The Bertz CT molecular complexity index is 547. The zero-order chi connectivity index (χ0) is 19.0. The molecule has 1 fully saturated rings. The smallest absolute Gasteiger partial charge is 0.191 e. The van der Waals surface area contributed by atoms with Gasteiger partial charge in [-0.25, -0.2) is 4.98 Å². The highest BCUT2D eigenvalue weighted by Crippen LogP contribution is 2.22. The fraction of sp³-hybridized carbons (Fsp3) is 0.700. The van der Waals surface area contributed by atoms with E-state index in [0.29, 0.717) is 12.6 Å². The predicted octanol–water partition coefficient (Wildman–Crippen LogP) is 2.67. The highest BCUT2D eigenvalue weighted by atomic mass is 16.5. The Morgan fingerprint density at radius 2 is 2.08 bits per heavy atom. The summed E-state index contributed by atoms with van der Waals surface area (Å²) in [5.74, 6) is 1.95. The van der Waals surface area contributed by atoms with Crippen molar-refractivity contribution in [1.29, 1.82) is 0 Å². The van der Waals surface area contributed by atoms with Gasteiger partial charge in [0.1, 0.15) is 5.82 Å². The Labute approximate surface area is 158 Å². The minimum absolute atomic E-state index is 0.0730. The first-order valence-corrected chi connectivity index (χ1v) is 9.67. The molecule has 6 heteroatoms. The van der Waals surface area contributed by atoms with Gasteiger partial charge in [0.05, 0.1) is 12.6 Å². The van der Waals surface area contributed by atoms with E-state index in [1.54, 1.807) is 7.11 Å². The van der Waals surface area contributed by atoms with Gasteiger partial charge in [-0.15, -0.1) is 0 Å². The number of guanidine groups is 1. The number of anilines is 1. The van der Waals surface area contributed by atoms with E-state index in [0.717, 1.165) is 44.3 Å². The fourth-order valence-corrected chi connectivity index (χ4v) is 3.18. The summed E-state index contributed by atoms with van der Waals surface area (Å²) in [7, 11) is 1.76. The Hall–Kier alpha value is -1.82. The van der Waals surface area contributed by atoms with Gasteiger partial charge >= 0.3 is 0 Å². The summed E-state index contributed by atoms with van der Waals surface area (Å²) in [5, 5.41) is 6.96. The van der Waals surface area contributed by atoms with Crippen LogP contribution in [-0.4, -0.2) is 56.4 Å².